The van der Waals surface area contributed by atoms with Crippen LogP contribution in [0.25, 0.3) is 0 Å². The Kier molecular flexibility index (Phi) is 5.57. The molecule has 5 nitrogen and oxygen atoms in total. The molecule has 0 aromatic rings. The maximum Gasteiger partial charge on any atom is 0.305 e. The van der Waals surface area contributed by atoms with Gasteiger partial charge in [-0.3, -0.25) is 9.59 Å². The summed E-state index contributed by atoms with van der Waals surface area (Å²) < 4.78 is 0. The molecule has 1 saturated heterocycles. The molecule has 0 radical (unpaired) electrons. The molecule has 1 rings (SSSR count). The van der Waals surface area contributed by atoms with E-state index in [1.54, 1.807) is 0 Å². The van der Waals surface area contributed by atoms with Gasteiger partial charge >= 0.3 is 5.97 Å². The molecule has 0 spiro atoms. The second-order valence-electron chi connectivity index (χ2n) is 7.25. The molecule has 1 fully saturated rings. The Bertz CT molecular complexity index is 355. The molecule has 1 amide bonds. The minimum atomic E-state index is -0.874. The minimum Gasteiger partial charge on any atom is -0.481 e. The van der Waals surface area contributed by atoms with Gasteiger partial charge in [0, 0.05) is 6.04 Å². The highest BCUT2D eigenvalue weighted by atomic mass is 16.4. The van der Waals surface area contributed by atoms with E-state index in [2.05, 4.69) is 31.4 Å². The predicted octanol–water partition coefficient (Wildman–Crippen LogP) is 1.91. The van der Waals surface area contributed by atoms with Gasteiger partial charge in [0.15, 0.2) is 0 Å². The lowest BCUT2D eigenvalue weighted by molar-refractivity contribution is -0.138. The largest absolute Gasteiger partial charge is 0.481 e. The summed E-state index contributed by atoms with van der Waals surface area (Å²) in [6, 6.07) is -0.319. The van der Waals surface area contributed by atoms with Crippen molar-refractivity contribution < 1.29 is 14.7 Å². The summed E-state index contributed by atoms with van der Waals surface area (Å²) in [5.74, 6) is -0.950. The van der Waals surface area contributed by atoms with Gasteiger partial charge in [-0.15, -0.1) is 0 Å². The monoisotopic (exact) mass is 284 g/mol. The van der Waals surface area contributed by atoms with Crippen LogP contribution in [0.5, 0.6) is 0 Å². The van der Waals surface area contributed by atoms with Crippen LogP contribution in [-0.4, -0.2) is 35.1 Å². The summed E-state index contributed by atoms with van der Waals surface area (Å²) in [5, 5.41) is 15.2. The Hall–Kier alpha value is -1.10. The van der Waals surface area contributed by atoms with Gasteiger partial charge in [0.2, 0.25) is 5.91 Å². The fourth-order valence-electron chi connectivity index (χ4n) is 2.72. The third-order valence-electron chi connectivity index (χ3n) is 3.73. The normalized spacial score (nSPS) is 25.0. The number of hydrogen-bond acceptors (Lipinski definition) is 3. The first-order valence-corrected chi connectivity index (χ1v) is 7.40. The number of nitrogens with one attached hydrogen (secondary N) is 2. The van der Waals surface area contributed by atoms with Crippen LogP contribution < -0.4 is 10.6 Å². The van der Waals surface area contributed by atoms with Crippen molar-refractivity contribution in [3.05, 3.63) is 0 Å². The van der Waals surface area contributed by atoms with Gasteiger partial charge in [-0.1, -0.05) is 20.8 Å². The van der Waals surface area contributed by atoms with E-state index in [4.69, 9.17) is 5.11 Å². The number of carbonyl (C=O) groups is 2. The molecule has 0 aliphatic carbocycles. The smallest absolute Gasteiger partial charge is 0.305 e. The number of rotatable bonds is 5. The number of carboxylic acids is 1. The van der Waals surface area contributed by atoms with Crippen molar-refractivity contribution in [2.45, 2.75) is 71.4 Å². The topological polar surface area (TPSA) is 78.4 Å². The summed E-state index contributed by atoms with van der Waals surface area (Å²) >= 11 is 0. The SMILES string of the molecule is CC(C)(C)CC(CC(=O)O)NC(=O)C1(C)CCCCN1. The van der Waals surface area contributed by atoms with E-state index in [0.29, 0.717) is 6.42 Å². The van der Waals surface area contributed by atoms with Crippen LogP contribution >= 0.6 is 0 Å². The van der Waals surface area contributed by atoms with Crippen LogP contribution in [0.4, 0.5) is 0 Å². The van der Waals surface area contributed by atoms with Crippen molar-refractivity contribution in [3.63, 3.8) is 0 Å². The Balaban J connectivity index is 2.67. The summed E-state index contributed by atoms with van der Waals surface area (Å²) in [6.45, 7) is 8.89. The highest BCUT2D eigenvalue weighted by molar-refractivity contribution is 5.86. The van der Waals surface area contributed by atoms with Crippen molar-refractivity contribution in [2.75, 3.05) is 6.54 Å². The lowest BCUT2D eigenvalue weighted by Gasteiger charge is -2.35. The van der Waals surface area contributed by atoms with E-state index in [9.17, 15) is 9.59 Å². The lowest BCUT2D eigenvalue weighted by Crippen LogP contribution is -2.59. The van der Waals surface area contributed by atoms with E-state index >= 15 is 0 Å². The molecule has 3 N–H and O–H groups in total. The molecule has 0 bridgehead atoms. The number of carbonyl (C=O) groups excluding carboxylic acids is 1. The average molecular weight is 284 g/mol. The van der Waals surface area contributed by atoms with Crippen molar-refractivity contribution in [2.24, 2.45) is 5.41 Å². The van der Waals surface area contributed by atoms with Crippen molar-refractivity contribution in [3.8, 4) is 0 Å². The molecule has 2 atom stereocenters. The molecule has 2 unspecified atom stereocenters. The Morgan fingerprint density at radius 2 is 2.00 bits per heavy atom. The van der Waals surface area contributed by atoms with Gasteiger partial charge in [-0.2, -0.15) is 0 Å². The maximum atomic E-state index is 12.4. The molecular weight excluding hydrogens is 256 g/mol. The predicted molar refractivity (Wildman–Crippen MR) is 78.5 cm³/mol. The molecule has 0 aromatic carbocycles. The third-order valence-corrected chi connectivity index (χ3v) is 3.73. The number of piperidine rings is 1. The van der Waals surface area contributed by atoms with E-state index in [1.165, 1.54) is 0 Å². The fourth-order valence-corrected chi connectivity index (χ4v) is 2.72. The molecule has 116 valence electrons. The molecule has 1 aliphatic rings. The zero-order valence-corrected chi connectivity index (χ0v) is 13.1. The minimum absolute atomic E-state index is 0.0195. The second kappa shape index (κ2) is 6.57. The van der Waals surface area contributed by atoms with Gasteiger partial charge in [-0.05, 0) is 44.6 Å². The molecule has 1 aliphatic heterocycles. The highest BCUT2D eigenvalue weighted by Gasteiger charge is 2.36. The quantitative estimate of drug-likeness (QED) is 0.720. The van der Waals surface area contributed by atoms with E-state index < -0.39 is 11.5 Å². The van der Waals surface area contributed by atoms with Crippen molar-refractivity contribution in [1.29, 1.82) is 0 Å². The Morgan fingerprint density at radius 1 is 1.35 bits per heavy atom. The zero-order chi connectivity index (χ0) is 15.4. The third kappa shape index (κ3) is 5.49. The molecule has 0 saturated carbocycles. The van der Waals surface area contributed by atoms with Crippen LogP contribution in [-0.2, 0) is 9.59 Å². The standard InChI is InChI=1S/C15H28N2O3/c1-14(2,3)10-11(9-12(18)19)17-13(20)15(4)7-5-6-8-16-15/h11,16H,5-10H2,1-4H3,(H,17,20)(H,18,19). The fraction of sp³-hybridized carbons (Fsp3) is 0.867. The first-order valence-electron chi connectivity index (χ1n) is 7.40. The van der Waals surface area contributed by atoms with Crippen LogP contribution in [0.1, 0.15) is 59.8 Å². The van der Waals surface area contributed by atoms with Crippen LogP contribution in [0.15, 0.2) is 0 Å². The summed E-state index contributed by atoms with van der Waals surface area (Å²) in [4.78, 5) is 23.4. The average Bonchev–Trinajstić information content (AvgIpc) is 2.26. The number of amides is 1. The summed E-state index contributed by atoms with van der Waals surface area (Å²) in [6.07, 6.45) is 3.54. The molecule has 0 aromatic heterocycles. The second-order valence-corrected chi connectivity index (χ2v) is 7.25. The van der Waals surface area contributed by atoms with Crippen molar-refractivity contribution >= 4 is 11.9 Å². The van der Waals surface area contributed by atoms with Gasteiger partial charge < -0.3 is 15.7 Å². The molecular formula is C15H28N2O3. The molecule has 5 heteroatoms. The zero-order valence-electron chi connectivity index (χ0n) is 13.1. The molecule has 1 heterocycles. The summed E-state index contributed by atoms with van der Waals surface area (Å²) in [7, 11) is 0. The lowest BCUT2D eigenvalue weighted by atomic mass is 9.85. The first-order chi connectivity index (χ1) is 9.12. The van der Waals surface area contributed by atoms with Gasteiger partial charge in [0.25, 0.3) is 0 Å². The van der Waals surface area contributed by atoms with E-state index in [0.717, 1.165) is 25.8 Å². The number of hydrogen-bond donors (Lipinski definition) is 3. The number of carboxylic acid groups (broad SMARTS) is 1. The van der Waals surface area contributed by atoms with Gasteiger partial charge in [0.1, 0.15) is 0 Å². The number of aliphatic carboxylic acids is 1. The summed E-state index contributed by atoms with van der Waals surface area (Å²) in [5.41, 5.74) is -0.582. The highest BCUT2D eigenvalue weighted by Crippen LogP contribution is 2.24. The van der Waals surface area contributed by atoms with Crippen LogP contribution in [0, 0.1) is 5.41 Å². The van der Waals surface area contributed by atoms with Crippen LogP contribution in [0.3, 0.4) is 0 Å². The maximum absolute atomic E-state index is 12.4. The molecule has 20 heavy (non-hydrogen) atoms. The van der Waals surface area contributed by atoms with E-state index in [1.807, 2.05) is 6.92 Å². The van der Waals surface area contributed by atoms with Crippen molar-refractivity contribution in [1.82, 2.24) is 10.6 Å². The Labute approximate surface area is 121 Å². The van der Waals surface area contributed by atoms with Crippen LogP contribution in [0.2, 0.25) is 0 Å². The van der Waals surface area contributed by atoms with E-state index in [-0.39, 0.29) is 23.8 Å². The Morgan fingerprint density at radius 3 is 2.45 bits per heavy atom. The van der Waals surface area contributed by atoms with Gasteiger partial charge in [-0.25, -0.2) is 0 Å². The first kappa shape index (κ1) is 17.0. The van der Waals surface area contributed by atoms with Gasteiger partial charge in [0.05, 0.1) is 12.0 Å².